The predicted octanol–water partition coefficient (Wildman–Crippen LogP) is 1.68. The standard InChI is InChI=1S/C11H16N2.ClH/c12-13-8-9-5-6-10-3-1-2-4-11(10)7-9;/h1-4,9,13H,5-8,12H2;1H. The van der Waals surface area contributed by atoms with E-state index in [0.717, 1.165) is 12.5 Å². The number of halogens is 1. The zero-order valence-electron chi connectivity index (χ0n) is 8.20. The topological polar surface area (TPSA) is 38.0 Å². The molecular formula is C11H17ClN2. The van der Waals surface area contributed by atoms with Gasteiger partial charge in [0, 0.05) is 6.54 Å². The number of hydrogen-bond acceptors (Lipinski definition) is 2. The Kier molecular flexibility index (Phi) is 4.39. The molecule has 0 radical (unpaired) electrons. The van der Waals surface area contributed by atoms with Crippen LogP contribution in [0.2, 0.25) is 0 Å². The summed E-state index contributed by atoms with van der Waals surface area (Å²) in [6, 6.07) is 8.72. The summed E-state index contributed by atoms with van der Waals surface area (Å²) in [6.45, 7) is 0.939. The van der Waals surface area contributed by atoms with Gasteiger partial charge in [-0.15, -0.1) is 12.4 Å². The minimum Gasteiger partial charge on any atom is -0.271 e. The molecule has 3 heteroatoms. The molecule has 0 saturated heterocycles. The molecule has 1 aromatic carbocycles. The van der Waals surface area contributed by atoms with Crippen LogP contribution in [0.3, 0.4) is 0 Å². The molecule has 1 aliphatic rings. The average molecular weight is 213 g/mol. The fourth-order valence-electron chi connectivity index (χ4n) is 2.11. The Morgan fingerprint density at radius 3 is 2.71 bits per heavy atom. The third-order valence-corrected chi connectivity index (χ3v) is 2.86. The number of nitrogens with two attached hydrogens (primary N) is 1. The molecule has 0 aromatic heterocycles. The van der Waals surface area contributed by atoms with Crippen LogP contribution in [-0.2, 0) is 12.8 Å². The second-order valence-corrected chi connectivity index (χ2v) is 3.79. The number of hydrazine groups is 1. The lowest BCUT2D eigenvalue weighted by Gasteiger charge is -2.23. The summed E-state index contributed by atoms with van der Waals surface area (Å²) >= 11 is 0. The van der Waals surface area contributed by atoms with Crippen molar-refractivity contribution in [2.75, 3.05) is 6.54 Å². The molecule has 1 atom stereocenters. The molecule has 0 aliphatic heterocycles. The molecule has 0 heterocycles. The van der Waals surface area contributed by atoms with Crippen LogP contribution in [0.1, 0.15) is 17.5 Å². The highest BCUT2D eigenvalue weighted by Crippen LogP contribution is 2.24. The van der Waals surface area contributed by atoms with Crippen molar-refractivity contribution in [2.45, 2.75) is 19.3 Å². The van der Waals surface area contributed by atoms with Crippen LogP contribution < -0.4 is 11.3 Å². The summed E-state index contributed by atoms with van der Waals surface area (Å²) in [6.07, 6.45) is 3.66. The maximum absolute atomic E-state index is 5.33. The van der Waals surface area contributed by atoms with Crippen molar-refractivity contribution >= 4 is 12.4 Å². The van der Waals surface area contributed by atoms with Crippen LogP contribution in [0, 0.1) is 5.92 Å². The molecule has 0 amide bonds. The smallest absolute Gasteiger partial charge is 0.0129 e. The Morgan fingerprint density at radius 1 is 1.29 bits per heavy atom. The molecule has 0 saturated carbocycles. The molecule has 1 aliphatic carbocycles. The molecule has 2 nitrogen and oxygen atoms in total. The molecule has 0 spiro atoms. The van der Waals surface area contributed by atoms with Gasteiger partial charge in [-0.05, 0) is 36.3 Å². The van der Waals surface area contributed by atoms with Crippen LogP contribution in [0.5, 0.6) is 0 Å². The second-order valence-electron chi connectivity index (χ2n) is 3.79. The normalized spacial score (nSPS) is 19.6. The third kappa shape index (κ3) is 2.47. The zero-order valence-corrected chi connectivity index (χ0v) is 9.02. The van der Waals surface area contributed by atoms with Crippen molar-refractivity contribution in [3.63, 3.8) is 0 Å². The van der Waals surface area contributed by atoms with Crippen LogP contribution in [0.4, 0.5) is 0 Å². The Hall–Kier alpha value is -0.570. The fourth-order valence-corrected chi connectivity index (χ4v) is 2.11. The highest BCUT2D eigenvalue weighted by atomic mass is 35.5. The molecule has 78 valence electrons. The van der Waals surface area contributed by atoms with Gasteiger partial charge in [-0.25, -0.2) is 0 Å². The van der Waals surface area contributed by atoms with Crippen LogP contribution in [0.25, 0.3) is 0 Å². The number of hydrogen-bond donors (Lipinski definition) is 2. The molecular weight excluding hydrogens is 196 g/mol. The van der Waals surface area contributed by atoms with Crippen molar-refractivity contribution in [1.29, 1.82) is 0 Å². The van der Waals surface area contributed by atoms with Crippen LogP contribution >= 0.6 is 12.4 Å². The number of benzene rings is 1. The third-order valence-electron chi connectivity index (χ3n) is 2.86. The van der Waals surface area contributed by atoms with E-state index in [1.54, 1.807) is 0 Å². The van der Waals surface area contributed by atoms with Crippen molar-refractivity contribution in [3.8, 4) is 0 Å². The Bertz CT molecular complexity index is 288. The molecule has 14 heavy (non-hydrogen) atoms. The summed E-state index contributed by atoms with van der Waals surface area (Å²) in [4.78, 5) is 0. The van der Waals surface area contributed by atoms with Gasteiger partial charge in [-0.2, -0.15) is 0 Å². The van der Waals surface area contributed by atoms with E-state index in [4.69, 9.17) is 5.84 Å². The van der Waals surface area contributed by atoms with E-state index in [1.807, 2.05) is 0 Å². The van der Waals surface area contributed by atoms with Crippen molar-refractivity contribution in [3.05, 3.63) is 35.4 Å². The lowest BCUT2D eigenvalue weighted by atomic mass is 9.84. The summed E-state index contributed by atoms with van der Waals surface area (Å²) < 4.78 is 0. The monoisotopic (exact) mass is 212 g/mol. The maximum atomic E-state index is 5.33. The predicted molar refractivity (Wildman–Crippen MR) is 61.4 cm³/mol. The molecule has 0 bridgehead atoms. The largest absolute Gasteiger partial charge is 0.271 e. The van der Waals surface area contributed by atoms with Crippen LogP contribution in [-0.4, -0.2) is 6.54 Å². The first-order chi connectivity index (χ1) is 6.40. The number of fused-ring (bicyclic) bond motifs is 1. The highest BCUT2D eigenvalue weighted by molar-refractivity contribution is 5.85. The van der Waals surface area contributed by atoms with Crippen molar-refractivity contribution in [1.82, 2.24) is 5.43 Å². The lowest BCUT2D eigenvalue weighted by molar-refractivity contribution is 0.429. The van der Waals surface area contributed by atoms with Crippen molar-refractivity contribution < 1.29 is 0 Å². The summed E-state index contributed by atoms with van der Waals surface area (Å²) in [5.41, 5.74) is 5.80. The summed E-state index contributed by atoms with van der Waals surface area (Å²) in [5.74, 6) is 6.05. The maximum Gasteiger partial charge on any atom is 0.0129 e. The Morgan fingerprint density at radius 2 is 2.00 bits per heavy atom. The minimum absolute atomic E-state index is 0. The van der Waals surface area contributed by atoms with Gasteiger partial charge >= 0.3 is 0 Å². The number of aryl methyl sites for hydroxylation is 1. The SMILES string of the molecule is Cl.NNCC1CCc2ccccc2C1. The highest BCUT2D eigenvalue weighted by Gasteiger charge is 2.16. The lowest BCUT2D eigenvalue weighted by Crippen LogP contribution is -2.31. The van der Waals surface area contributed by atoms with E-state index < -0.39 is 0 Å². The van der Waals surface area contributed by atoms with Crippen molar-refractivity contribution in [2.24, 2.45) is 11.8 Å². The van der Waals surface area contributed by atoms with Gasteiger partial charge in [0.1, 0.15) is 0 Å². The molecule has 1 aromatic rings. The number of rotatable bonds is 2. The van der Waals surface area contributed by atoms with Gasteiger partial charge in [0.2, 0.25) is 0 Å². The molecule has 1 unspecified atom stereocenters. The van der Waals surface area contributed by atoms with E-state index in [-0.39, 0.29) is 12.4 Å². The fraction of sp³-hybridized carbons (Fsp3) is 0.455. The quantitative estimate of drug-likeness (QED) is 0.578. The summed E-state index contributed by atoms with van der Waals surface area (Å²) in [5, 5.41) is 0. The van der Waals surface area contributed by atoms with E-state index >= 15 is 0 Å². The summed E-state index contributed by atoms with van der Waals surface area (Å²) in [7, 11) is 0. The van der Waals surface area contributed by atoms with Gasteiger partial charge in [-0.1, -0.05) is 24.3 Å². The van der Waals surface area contributed by atoms with E-state index in [2.05, 4.69) is 29.7 Å². The Labute approximate surface area is 91.3 Å². The van der Waals surface area contributed by atoms with Gasteiger partial charge in [-0.3, -0.25) is 11.3 Å². The van der Waals surface area contributed by atoms with E-state index in [9.17, 15) is 0 Å². The van der Waals surface area contributed by atoms with Gasteiger partial charge < -0.3 is 0 Å². The molecule has 3 N–H and O–H groups in total. The number of nitrogens with one attached hydrogen (secondary N) is 1. The molecule has 2 rings (SSSR count). The van der Waals surface area contributed by atoms with Gasteiger partial charge in [0.05, 0.1) is 0 Å². The second kappa shape index (κ2) is 5.35. The minimum atomic E-state index is 0. The zero-order chi connectivity index (χ0) is 9.10. The van der Waals surface area contributed by atoms with Gasteiger partial charge in [0.15, 0.2) is 0 Å². The van der Waals surface area contributed by atoms with E-state index in [1.165, 1.54) is 30.4 Å². The Balaban J connectivity index is 0.000000980. The van der Waals surface area contributed by atoms with Crippen LogP contribution in [0.15, 0.2) is 24.3 Å². The first-order valence-electron chi connectivity index (χ1n) is 4.90. The van der Waals surface area contributed by atoms with Gasteiger partial charge in [0.25, 0.3) is 0 Å². The average Bonchev–Trinajstić information content (AvgIpc) is 2.18. The first kappa shape index (κ1) is 11.5. The van der Waals surface area contributed by atoms with E-state index in [0.29, 0.717) is 0 Å². The first-order valence-corrected chi connectivity index (χ1v) is 4.90. The molecule has 0 fully saturated rings.